The van der Waals surface area contributed by atoms with E-state index in [9.17, 15) is 0 Å². The first-order valence-corrected chi connectivity index (χ1v) is 17.4. The number of benzene rings is 7. The van der Waals surface area contributed by atoms with E-state index in [1.165, 1.54) is 69.9 Å². The van der Waals surface area contributed by atoms with Gasteiger partial charge in [0.25, 0.3) is 0 Å². The minimum Gasteiger partial charge on any atom is -0.310 e. The molecule has 0 fully saturated rings. The van der Waals surface area contributed by atoms with Crippen LogP contribution in [0.2, 0.25) is 0 Å². The van der Waals surface area contributed by atoms with Crippen molar-refractivity contribution in [3.63, 3.8) is 0 Å². The molecule has 0 saturated heterocycles. The Bertz CT molecular complexity index is 2680. The van der Waals surface area contributed by atoms with Crippen molar-refractivity contribution < 1.29 is 0 Å². The fourth-order valence-corrected chi connectivity index (χ4v) is 9.26. The molecule has 0 saturated carbocycles. The molecule has 0 atom stereocenters. The maximum atomic E-state index is 2.54. The largest absolute Gasteiger partial charge is 0.310 e. The van der Waals surface area contributed by atoms with E-state index in [0.29, 0.717) is 0 Å². The molecule has 0 spiro atoms. The minimum atomic E-state index is -0.231. The minimum absolute atomic E-state index is 0.231. The lowest BCUT2D eigenvalue weighted by molar-refractivity contribution is 0.631. The van der Waals surface area contributed by atoms with Gasteiger partial charge in [0, 0.05) is 53.4 Å². The summed E-state index contributed by atoms with van der Waals surface area (Å²) in [5.41, 5.74) is 12.2. The molecule has 3 heterocycles. The maximum Gasteiger partial charge on any atom is 0.0596 e. The van der Waals surface area contributed by atoms with E-state index >= 15 is 0 Å². The summed E-state index contributed by atoms with van der Waals surface area (Å²) in [5.74, 6) is 0. The molecule has 7 aromatic carbocycles. The zero-order chi connectivity index (χ0) is 32.0. The Morgan fingerprint density at radius 2 is 1.15 bits per heavy atom. The number of thiophene rings is 1. The lowest BCUT2D eigenvalue weighted by Crippen LogP contribution is -2.27. The third-order valence-corrected chi connectivity index (χ3v) is 11.6. The molecule has 0 radical (unpaired) electrons. The smallest absolute Gasteiger partial charge is 0.0596 e. The van der Waals surface area contributed by atoms with Gasteiger partial charge in [-0.2, -0.15) is 0 Å². The highest BCUT2D eigenvalue weighted by molar-refractivity contribution is 7.26. The molecular weight excluding hydrogens is 601 g/mol. The second-order valence-electron chi connectivity index (χ2n) is 13.4. The van der Waals surface area contributed by atoms with Gasteiger partial charge in [0.2, 0.25) is 0 Å². The number of fused-ring (bicyclic) bond motifs is 9. The molecule has 9 aromatic rings. The fourth-order valence-electron chi connectivity index (χ4n) is 8.02. The molecule has 3 heteroatoms. The molecule has 10 rings (SSSR count). The predicted octanol–water partition coefficient (Wildman–Crippen LogP) is 12.9. The highest BCUT2D eigenvalue weighted by Gasteiger charge is 2.37. The van der Waals surface area contributed by atoms with Crippen molar-refractivity contribution in [1.82, 2.24) is 4.57 Å². The van der Waals surface area contributed by atoms with Gasteiger partial charge >= 0.3 is 0 Å². The van der Waals surface area contributed by atoms with Crippen LogP contribution >= 0.6 is 11.3 Å². The number of rotatable bonds is 4. The predicted molar refractivity (Wildman–Crippen MR) is 206 cm³/mol. The second kappa shape index (κ2) is 10.2. The van der Waals surface area contributed by atoms with Crippen LogP contribution in [0.5, 0.6) is 0 Å². The Labute approximate surface area is 283 Å². The van der Waals surface area contributed by atoms with Gasteiger partial charge in [-0.3, -0.25) is 0 Å². The van der Waals surface area contributed by atoms with Crippen LogP contribution in [0.1, 0.15) is 25.0 Å². The van der Waals surface area contributed by atoms with Crippen LogP contribution in [-0.2, 0) is 5.41 Å². The van der Waals surface area contributed by atoms with E-state index in [-0.39, 0.29) is 5.41 Å². The first-order valence-electron chi connectivity index (χ1n) is 16.6. The van der Waals surface area contributed by atoms with Crippen molar-refractivity contribution in [3.8, 4) is 16.8 Å². The molecule has 2 aromatic heterocycles. The number of anilines is 3. The summed E-state index contributed by atoms with van der Waals surface area (Å²) < 4.78 is 5.27. The molecule has 48 heavy (non-hydrogen) atoms. The average Bonchev–Trinajstić information content (AvgIpc) is 3.68. The normalized spacial score (nSPS) is 13.4. The van der Waals surface area contributed by atoms with Crippen molar-refractivity contribution in [2.45, 2.75) is 19.3 Å². The van der Waals surface area contributed by atoms with E-state index in [1.54, 1.807) is 0 Å². The second-order valence-corrected chi connectivity index (χ2v) is 14.4. The topological polar surface area (TPSA) is 8.17 Å². The maximum absolute atomic E-state index is 2.54. The highest BCUT2D eigenvalue weighted by atomic mass is 32.1. The number of hydrogen-bond acceptors (Lipinski definition) is 2. The zero-order valence-electron chi connectivity index (χ0n) is 26.8. The van der Waals surface area contributed by atoms with Gasteiger partial charge in [0.05, 0.1) is 16.7 Å². The third kappa shape index (κ3) is 3.85. The van der Waals surface area contributed by atoms with Crippen molar-refractivity contribution in [3.05, 3.63) is 169 Å². The van der Waals surface area contributed by atoms with Crippen LogP contribution in [0.15, 0.2) is 158 Å². The lowest BCUT2D eigenvalue weighted by atomic mass is 9.74. The van der Waals surface area contributed by atoms with E-state index in [4.69, 9.17) is 0 Å². The molecule has 1 aliphatic heterocycles. The standard InChI is InChI=1S/C45H32N2S/c1-45(2)37-27-33(46(31-15-7-4-8-16-31)32-23-21-30(22-24-32)29-13-5-3-6-14-29)25-26-40(37)47-39-19-11-9-18-35(39)42-43(47)38(45)28-36-34-17-10-12-20-41(34)48-44(36)42/h3-28H,1-2H3. The molecule has 1 aliphatic rings. The summed E-state index contributed by atoms with van der Waals surface area (Å²) in [6, 6.07) is 57.7. The van der Waals surface area contributed by atoms with E-state index < -0.39 is 0 Å². The highest BCUT2D eigenvalue weighted by Crippen LogP contribution is 2.53. The van der Waals surface area contributed by atoms with Crippen molar-refractivity contribution in [2.75, 3.05) is 4.90 Å². The molecular formula is C45H32N2S. The van der Waals surface area contributed by atoms with Gasteiger partial charge in [-0.25, -0.2) is 0 Å². The molecule has 0 unspecified atom stereocenters. The zero-order valence-corrected chi connectivity index (χ0v) is 27.6. The van der Waals surface area contributed by atoms with Gasteiger partial charge in [0.1, 0.15) is 0 Å². The summed E-state index contributed by atoms with van der Waals surface area (Å²) in [6.45, 7) is 4.82. The molecule has 0 aliphatic carbocycles. The van der Waals surface area contributed by atoms with Crippen LogP contribution < -0.4 is 4.90 Å². The Hall–Kier alpha value is -5.64. The Morgan fingerprint density at radius 3 is 1.94 bits per heavy atom. The van der Waals surface area contributed by atoms with Crippen molar-refractivity contribution in [2.24, 2.45) is 0 Å². The van der Waals surface area contributed by atoms with Crippen LogP contribution in [0.3, 0.4) is 0 Å². The Balaban J connectivity index is 1.22. The molecule has 2 nitrogen and oxygen atoms in total. The summed E-state index contributed by atoms with van der Waals surface area (Å²) in [5, 5.41) is 5.41. The molecule has 0 N–H and O–H groups in total. The number of aromatic nitrogens is 1. The number of nitrogens with zero attached hydrogens (tertiary/aromatic N) is 2. The van der Waals surface area contributed by atoms with Crippen LogP contribution in [0, 0.1) is 0 Å². The number of hydrogen-bond donors (Lipinski definition) is 0. The van der Waals surface area contributed by atoms with Crippen LogP contribution in [0.25, 0.3) is 58.8 Å². The van der Waals surface area contributed by atoms with E-state index in [1.807, 2.05) is 11.3 Å². The van der Waals surface area contributed by atoms with E-state index in [0.717, 1.165) is 17.1 Å². The SMILES string of the molecule is CC1(C)c2cc(N(c3ccccc3)c3ccc(-c4ccccc4)cc3)ccc2-n2c3ccccc3c3c4sc5ccccc5c4cc1c32. The first-order chi connectivity index (χ1) is 23.6. The monoisotopic (exact) mass is 632 g/mol. The number of para-hydroxylation sites is 2. The van der Waals surface area contributed by atoms with Gasteiger partial charge in [-0.15, -0.1) is 11.3 Å². The van der Waals surface area contributed by atoms with Crippen LogP contribution in [-0.4, -0.2) is 4.57 Å². The van der Waals surface area contributed by atoms with Gasteiger partial charge in [0.15, 0.2) is 0 Å². The Kier molecular flexibility index (Phi) is 5.82. The fraction of sp³-hybridized carbons (Fsp3) is 0.0667. The average molecular weight is 633 g/mol. The summed E-state index contributed by atoms with van der Waals surface area (Å²) >= 11 is 1.93. The van der Waals surface area contributed by atoms with Gasteiger partial charge in [-0.1, -0.05) is 111 Å². The van der Waals surface area contributed by atoms with Crippen LogP contribution in [0.4, 0.5) is 17.1 Å². The molecule has 0 amide bonds. The third-order valence-electron chi connectivity index (χ3n) is 10.4. The molecule has 228 valence electrons. The summed E-state index contributed by atoms with van der Waals surface area (Å²) in [7, 11) is 0. The van der Waals surface area contributed by atoms with Gasteiger partial charge in [-0.05, 0) is 82.9 Å². The first kappa shape index (κ1) is 27.5. The lowest BCUT2D eigenvalue weighted by Gasteiger charge is -2.36. The molecule has 0 bridgehead atoms. The van der Waals surface area contributed by atoms with Crippen molar-refractivity contribution in [1.29, 1.82) is 0 Å². The quantitative estimate of drug-likeness (QED) is 0.187. The van der Waals surface area contributed by atoms with Gasteiger partial charge < -0.3 is 9.47 Å². The Morgan fingerprint density at radius 1 is 0.521 bits per heavy atom. The summed E-state index contributed by atoms with van der Waals surface area (Å²) in [6.07, 6.45) is 0. The van der Waals surface area contributed by atoms with Crippen molar-refractivity contribution >= 4 is 70.4 Å². The van der Waals surface area contributed by atoms with E-state index in [2.05, 4.69) is 181 Å². The summed E-state index contributed by atoms with van der Waals surface area (Å²) in [4.78, 5) is 2.39.